The molecule has 0 amide bonds. The van der Waals surface area contributed by atoms with Gasteiger partial charge in [-0.3, -0.25) is 0 Å². The van der Waals surface area contributed by atoms with Crippen LogP contribution in [-0.2, 0) is 0 Å². The lowest BCUT2D eigenvalue weighted by molar-refractivity contribution is 0.629. The van der Waals surface area contributed by atoms with E-state index in [1.807, 2.05) is 18.2 Å². The molecule has 0 aliphatic rings. The number of rotatable bonds is 4. The maximum atomic E-state index is 6.94. The minimum atomic E-state index is 0.796. The largest absolute Gasteiger partial charge is 0.455 e. The van der Waals surface area contributed by atoms with Crippen LogP contribution in [0.3, 0.4) is 0 Å². The molecule has 0 saturated heterocycles. The molecule has 0 atom stereocenters. The van der Waals surface area contributed by atoms with Gasteiger partial charge in [0.1, 0.15) is 33.7 Å². The minimum Gasteiger partial charge on any atom is -0.455 e. The second-order valence-electron chi connectivity index (χ2n) is 14.3. The average molecular weight is 703 g/mol. The van der Waals surface area contributed by atoms with Gasteiger partial charge in [-0.15, -0.1) is 0 Å². The van der Waals surface area contributed by atoms with Crippen LogP contribution in [0.1, 0.15) is 0 Å². The first-order chi connectivity index (χ1) is 27.3. The summed E-state index contributed by atoms with van der Waals surface area (Å²) in [4.78, 5) is 0. The maximum absolute atomic E-state index is 6.94. The lowest BCUT2D eigenvalue weighted by Crippen LogP contribution is -1.91. The van der Waals surface area contributed by atoms with Crippen molar-refractivity contribution in [2.24, 2.45) is 0 Å². The smallest absolute Gasteiger partial charge is 0.143 e. The van der Waals surface area contributed by atoms with Crippen molar-refractivity contribution >= 4 is 76.4 Å². The first kappa shape index (κ1) is 30.1. The highest BCUT2D eigenvalue weighted by atomic mass is 16.3. The fourth-order valence-electron chi connectivity index (χ4n) is 8.92. The van der Waals surface area contributed by atoms with Gasteiger partial charge in [-0.2, -0.15) is 0 Å². The Morgan fingerprint density at radius 2 is 0.709 bits per heavy atom. The van der Waals surface area contributed by atoms with Crippen LogP contribution in [0, 0.1) is 0 Å². The number of hydrogen-bond donors (Lipinski definition) is 0. The summed E-state index contributed by atoms with van der Waals surface area (Å²) in [5.41, 5.74) is 11.9. The monoisotopic (exact) mass is 702 g/mol. The zero-order chi connectivity index (χ0) is 36.0. The van der Waals surface area contributed by atoms with Crippen molar-refractivity contribution < 1.29 is 13.3 Å². The highest BCUT2D eigenvalue weighted by Gasteiger charge is 2.24. The van der Waals surface area contributed by atoms with Gasteiger partial charge in [-0.1, -0.05) is 164 Å². The number of fused-ring (bicyclic) bond motifs is 9. The van der Waals surface area contributed by atoms with Gasteiger partial charge in [0.25, 0.3) is 0 Å². The summed E-state index contributed by atoms with van der Waals surface area (Å²) in [7, 11) is 0. The van der Waals surface area contributed by atoms with Crippen molar-refractivity contribution in [1.29, 1.82) is 0 Å². The standard InChI is InChI=1S/C52H30O3/c1-3-15-31(16-4-1)47-43-29-42-39-25-14-27-41(52(39)55-45(42)30-46(43)54-50(47)32-17-5-2-6-18-32)49-36-22-9-7-20-34(36)48(35-21-8-10-23-37(35)49)40-26-13-24-38-33-19-11-12-28-44(33)53-51(38)40/h1-30H. The Bertz CT molecular complexity index is 3420. The van der Waals surface area contributed by atoms with Crippen molar-refractivity contribution in [1.82, 2.24) is 0 Å². The summed E-state index contributed by atoms with van der Waals surface area (Å²) >= 11 is 0. The zero-order valence-corrected chi connectivity index (χ0v) is 29.5. The van der Waals surface area contributed by atoms with Gasteiger partial charge in [0.05, 0.1) is 0 Å². The summed E-state index contributed by atoms with van der Waals surface area (Å²) in [6.07, 6.45) is 0. The first-order valence-corrected chi connectivity index (χ1v) is 18.7. The van der Waals surface area contributed by atoms with Gasteiger partial charge in [0.15, 0.2) is 0 Å². The fourth-order valence-corrected chi connectivity index (χ4v) is 8.92. The van der Waals surface area contributed by atoms with E-state index in [0.717, 1.165) is 116 Å². The van der Waals surface area contributed by atoms with Gasteiger partial charge in [-0.25, -0.2) is 0 Å². The summed E-state index contributed by atoms with van der Waals surface area (Å²) < 4.78 is 20.3. The van der Waals surface area contributed by atoms with E-state index in [-0.39, 0.29) is 0 Å². The predicted molar refractivity (Wildman–Crippen MR) is 228 cm³/mol. The van der Waals surface area contributed by atoms with Crippen LogP contribution < -0.4 is 0 Å². The predicted octanol–water partition coefficient (Wildman–Crippen LogP) is 15.2. The van der Waals surface area contributed by atoms with E-state index in [0.29, 0.717) is 0 Å². The van der Waals surface area contributed by atoms with E-state index in [4.69, 9.17) is 13.3 Å². The van der Waals surface area contributed by atoms with Crippen LogP contribution in [0.2, 0.25) is 0 Å². The molecule has 0 aliphatic heterocycles. The highest BCUT2D eigenvalue weighted by Crippen LogP contribution is 2.49. The Kier molecular flexibility index (Phi) is 6.34. The molecule has 0 radical (unpaired) electrons. The summed E-state index contributed by atoms with van der Waals surface area (Å²) in [5, 5.41) is 10.1. The van der Waals surface area contributed by atoms with Gasteiger partial charge in [0, 0.05) is 66.4 Å². The van der Waals surface area contributed by atoms with Crippen LogP contribution in [0.5, 0.6) is 0 Å². The minimum absolute atomic E-state index is 0.796. The summed E-state index contributed by atoms with van der Waals surface area (Å²) in [6.45, 7) is 0. The SMILES string of the molecule is c1ccc(-c2oc3cc4oc5c(-c6c7ccccc7c(-c7cccc8c7oc7ccccc78)c7ccccc67)cccc5c4cc3c2-c2ccccc2)cc1. The topological polar surface area (TPSA) is 39.4 Å². The van der Waals surface area contributed by atoms with Gasteiger partial charge in [0.2, 0.25) is 0 Å². The Hall–Kier alpha value is -7.36. The normalized spacial score (nSPS) is 12.0. The highest BCUT2D eigenvalue weighted by molar-refractivity contribution is 6.26. The Morgan fingerprint density at radius 3 is 1.31 bits per heavy atom. The Labute approximate surface area is 315 Å². The molecular formula is C52H30O3. The van der Waals surface area contributed by atoms with Gasteiger partial charge < -0.3 is 13.3 Å². The molecule has 0 N–H and O–H groups in total. The van der Waals surface area contributed by atoms with Crippen molar-refractivity contribution in [2.75, 3.05) is 0 Å². The fraction of sp³-hybridized carbons (Fsp3) is 0. The molecule has 3 heterocycles. The van der Waals surface area contributed by atoms with Crippen molar-refractivity contribution in [3.05, 3.63) is 182 Å². The van der Waals surface area contributed by atoms with E-state index < -0.39 is 0 Å². The third-order valence-electron chi connectivity index (χ3n) is 11.3. The molecule has 3 heteroatoms. The van der Waals surface area contributed by atoms with Crippen LogP contribution in [0.15, 0.2) is 195 Å². The second kappa shape index (κ2) is 11.6. The third kappa shape index (κ3) is 4.38. The van der Waals surface area contributed by atoms with E-state index in [1.165, 1.54) is 5.56 Å². The van der Waals surface area contributed by atoms with E-state index >= 15 is 0 Å². The molecule has 12 rings (SSSR count). The molecule has 3 aromatic heterocycles. The first-order valence-electron chi connectivity index (χ1n) is 18.7. The van der Waals surface area contributed by atoms with Crippen LogP contribution in [0.4, 0.5) is 0 Å². The number of benzene rings is 9. The second-order valence-corrected chi connectivity index (χ2v) is 14.3. The molecule has 0 unspecified atom stereocenters. The number of para-hydroxylation sites is 3. The van der Waals surface area contributed by atoms with Crippen LogP contribution >= 0.6 is 0 Å². The van der Waals surface area contributed by atoms with Crippen LogP contribution in [0.25, 0.3) is 121 Å². The Balaban J connectivity index is 1.14. The molecule has 12 aromatic rings. The van der Waals surface area contributed by atoms with Crippen LogP contribution in [-0.4, -0.2) is 0 Å². The molecule has 9 aromatic carbocycles. The van der Waals surface area contributed by atoms with Crippen molar-refractivity contribution in [2.45, 2.75) is 0 Å². The maximum Gasteiger partial charge on any atom is 0.143 e. The Morgan fingerprint density at radius 1 is 0.255 bits per heavy atom. The van der Waals surface area contributed by atoms with Crippen molar-refractivity contribution in [3.63, 3.8) is 0 Å². The van der Waals surface area contributed by atoms with Gasteiger partial charge >= 0.3 is 0 Å². The average Bonchev–Trinajstić information content (AvgIpc) is 3.94. The summed E-state index contributed by atoms with van der Waals surface area (Å²) in [6, 6.07) is 64.0. The number of furan rings is 3. The molecule has 0 aliphatic carbocycles. The molecule has 55 heavy (non-hydrogen) atoms. The zero-order valence-electron chi connectivity index (χ0n) is 29.5. The lowest BCUT2D eigenvalue weighted by atomic mass is 9.85. The van der Waals surface area contributed by atoms with E-state index in [9.17, 15) is 0 Å². The molecule has 256 valence electrons. The molecule has 0 saturated carbocycles. The number of hydrogen-bond acceptors (Lipinski definition) is 3. The van der Waals surface area contributed by atoms with E-state index in [1.54, 1.807) is 0 Å². The molecule has 0 spiro atoms. The molecule has 0 bridgehead atoms. The van der Waals surface area contributed by atoms with Crippen molar-refractivity contribution in [3.8, 4) is 44.7 Å². The quantitative estimate of drug-likeness (QED) is 0.171. The van der Waals surface area contributed by atoms with E-state index in [2.05, 4.69) is 164 Å². The molecular weight excluding hydrogens is 673 g/mol. The molecule has 0 fully saturated rings. The molecule has 3 nitrogen and oxygen atoms in total. The third-order valence-corrected chi connectivity index (χ3v) is 11.3. The van der Waals surface area contributed by atoms with Gasteiger partial charge in [-0.05, 0) is 39.2 Å². The summed E-state index contributed by atoms with van der Waals surface area (Å²) in [5.74, 6) is 0.857. The lowest BCUT2D eigenvalue weighted by Gasteiger charge is -2.18.